The first-order valence-electron chi connectivity index (χ1n) is 11.1. The second kappa shape index (κ2) is 7.20. The van der Waals surface area contributed by atoms with Gasteiger partial charge in [-0.1, -0.05) is 12.1 Å². The molecule has 0 unspecified atom stereocenters. The molecule has 2 saturated heterocycles. The number of amides is 1. The molecule has 1 aromatic carbocycles. The minimum absolute atomic E-state index is 0.0126. The molecule has 1 N–H and O–H groups in total. The summed E-state index contributed by atoms with van der Waals surface area (Å²) in [6, 6.07) is 9.45. The molecule has 35 heavy (non-hydrogen) atoms. The highest BCUT2D eigenvalue weighted by molar-refractivity contribution is 5.96. The predicted octanol–water partition coefficient (Wildman–Crippen LogP) is 3.60. The number of nitrogens with one attached hydrogen (secondary N) is 1. The summed E-state index contributed by atoms with van der Waals surface area (Å²) in [5.74, 6) is -1.69. The molecule has 0 spiro atoms. The minimum atomic E-state index is -0.761. The molecule has 7 rings (SSSR count). The first-order valence-corrected chi connectivity index (χ1v) is 11.1. The Morgan fingerprint density at radius 1 is 1.26 bits per heavy atom. The van der Waals surface area contributed by atoms with Crippen molar-refractivity contribution in [1.29, 1.82) is 5.26 Å². The normalized spacial score (nSPS) is 22.7. The fourth-order valence-electron chi connectivity index (χ4n) is 5.43. The highest BCUT2D eigenvalue weighted by Gasteiger charge is 2.60. The number of rotatable bonds is 4. The Morgan fingerprint density at radius 3 is 2.71 bits per heavy atom. The van der Waals surface area contributed by atoms with Crippen molar-refractivity contribution in [1.82, 2.24) is 24.5 Å². The molecule has 1 saturated carbocycles. The van der Waals surface area contributed by atoms with Crippen LogP contribution in [-0.4, -0.2) is 42.8 Å². The molecule has 8 nitrogen and oxygen atoms in total. The Balaban J connectivity index is 1.43. The molecule has 10 heteroatoms. The largest absolute Gasteiger partial charge is 0.373 e. The van der Waals surface area contributed by atoms with Gasteiger partial charge in [-0.2, -0.15) is 9.65 Å². The van der Waals surface area contributed by atoms with Gasteiger partial charge >= 0.3 is 0 Å². The SMILES string of the molecule is Cn1cc(-c2cccc(F)c2-c2nc3cc(C(=O)NC45COC(C)(C4)C5)ccn3c2C#N)c(F)n1. The molecule has 1 amide bonds. The highest BCUT2D eigenvalue weighted by Crippen LogP contribution is 2.51. The molecular formula is C25H20F2N6O2. The van der Waals surface area contributed by atoms with Gasteiger partial charge in [0.15, 0.2) is 5.69 Å². The van der Waals surface area contributed by atoms with E-state index in [2.05, 4.69) is 21.5 Å². The number of aromatic nitrogens is 4. The monoisotopic (exact) mass is 474 g/mol. The number of carbonyl (C=O) groups is 1. The Bertz CT molecular complexity index is 1570. The van der Waals surface area contributed by atoms with E-state index in [1.165, 1.54) is 27.4 Å². The number of benzene rings is 1. The summed E-state index contributed by atoms with van der Waals surface area (Å²) in [6.45, 7) is 2.50. The molecule has 1 aliphatic carbocycles. The highest BCUT2D eigenvalue weighted by atomic mass is 19.1. The lowest BCUT2D eigenvalue weighted by Gasteiger charge is -2.42. The van der Waals surface area contributed by atoms with Crippen LogP contribution < -0.4 is 5.32 Å². The van der Waals surface area contributed by atoms with Crippen molar-refractivity contribution in [3.8, 4) is 28.5 Å². The van der Waals surface area contributed by atoms with Crippen molar-refractivity contribution < 1.29 is 18.3 Å². The number of nitrogens with zero attached hydrogens (tertiary/aromatic N) is 5. The third-order valence-corrected chi connectivity index (χ3v) is 6.82. The molecule has 2 bridgehead atoms. The van der Waals surface area contributed by atoms with Crippen LogP contribution in [0, 0.1) is 23.1 Å². The van der Waals surface area contributed by atoms with E-state index in [1.54, 1.807) is 31.4 Å². The van der Waals surface area contributed by atoms with Crippen LogP contribution in [0.4, 0.5) is 8.78 Å². The summed E-state index contributed by atoms with van der Waals surface area (Å²) in [5.41, 5.74) is 0.564. The van der Waals surface area contributed by atoms with Crippen LogP contribution in [0.15, 0.2) is 42.7 Å². The number of nitriles is 1. The number of halogens is 2. The number of carbonyl (C=O) groups excluding carboxylic acids is 1. The molecule has 2 aliphatic heterocycles. The van der Waals surface area contributed by atoms with Crippen LogP contribution in [0.1, 0.15) is 35.8 Å². The van der Waals surface area contributed by atoms with E-state index in [9.17, 15) is 14.4 Å². The second-order valence-electron chi connectivity index (χ2n) is 9.56. The molecule has 3 aliphatic rings. The lowest BCUT2D eigenvalue weighted by molar-refractivity contribution is 0.0127. The van der Waals surface area contributed by atoms with E-state index >= 15 is 4.39 Å². The van der Waals surface area contributed by atoms with Gasteiger partial charge in [0, 0.05) is 49.0 Å². The standard InChI is InChI=1S/C25H20F2N6O2/c1-24-11-25(12-24,13-35-24)30-23(34)14-6-7-33-18(9-28)21(29-19(33)8-14)20-15(4-3-5-17(20)26)16-10-32(2)31-22(16)27/h3-8,10H,11-13H2,1-2H3,(H,30,34). The summed E-state index contributed by atoms with van der Waals surface area (Å²) in [7, 11) is 1.56. The van der Waals surface area contributed by atoms with Crippen molar-refractivity contribution in [2.45, 2.75) is 30.9 Å². The Hall–Kier alpha value is -4.10. The predicted molar refractivity (Wildman–Crippen MR) is 121 cm³/mol. The molecule has 0 atom stereocenters. The van der Waals surface area contributed by atoms with Crippen LogP contribution >= 0.6 is 0 Å². The van der Waals surface area contributed by atoms with Gasteiger partial charge in [-0.15, -0.1) is 5.10 Å². The topological polar surface area (TPSA) is 97.2 Å². The van der Waals surface area contributed by atoms with Crippen molar-refractivity contribution >= 4 is 11.6 Å². The van der Waals surface area contributed by atoms with Gasteiger partial charge < -0.3 is 10.1 Å². The van der Waals surface area contributed by atoms with Gasteiger partial charge in [-0.3, -0.25) is 13.9 Å². The maximum atomic E-state index is 15.1. The van der Waals surface area contributed by atoms with Gasteiger partial charge in [0.05, 0.1) is 23.3 Å². The zero-order valence-corrected chi connectivity index (χ0v) is 19.0. The van der Waals surface area contributed by atoms with Crippen LogP contribution in [0.2, 0.25) is 0 Å². The number of hydrogen-bond donors (Lipinski definition) is 1. The van der Waals surface area contributed by atoms with Crippen LogP contribution in [0.3, 0.4) is 0 Å². The number of aryl methyl sites for hydroxylation is 1. The number of hydrogen-bond acceptors (Lipinski definition) is 5. The third kappa shape index (κ3) is 3.23. The smallest absolute Gasteiger partial charge is 0.251 e. The fraction of sp³-hybridized carbons (Fsp3) is 0.280. The Morgan fingerprint density at radius 2 is 2.06 bits per heavy atom. The van der Waals surface area contributed by atoms with E-state index in [-0.39, 0.29) is 45.1 Å². The van der Waals surface area contributed by atoms with Crippen molar-refractivity contribution in [3.63, 3.8) is 0 Å². The van der Waals surface area contributed by atoms with E-state index in [0.29, 0.717) is 17.8 Å². The third-order valence-electron chi connectivity index (χ3n) is 6.82. The number of pyridine rings is 1. The van der Waals surface area contributed by atoms with E-state index in [0.717, 1.165) is 12.8 Å². The van der Waals surface area contributed by atoms with Crippen LogP contribution in [0.5, 0.6) is 0 Å². The molecule has 3 fully saturated rings. The van der Waals surface area contributed by atoms with Gasteiger partial charge in [0.2, 0.25) is 5.95 Å². The molecule has 3 aromatic heterocycles. The average Bonchev–Trinajstić information content (AvgIpc) is 3.52. The second-order valence-corrected chi connectivity index (χ2v) is 9.56. The molecule has 5 heterocycles. The molecule has 0 radical (unpaired) electrons. The van der Waals surface area contributed by atoms with E-state index in [1.807, 2.05) is 6.92 Å². The quantitative estimate of drug-likeness (QED) is 0.488. The molecule has 176 valence electrons. The summed E-state index contributed by atoms with van der Waals surface area (Å²) in [4.78, 5) is 17.5. The van der Waals surface area contributed by atoms with Gasteiger partial charge in [-0.25, -0.2) is 9.37 Å². The minimum Gasteiger partial charge on any atom is -0.373 e. The summed E-state index contributed by atoms with van der Waals surface area (Å²) >= 11 is 0. The first-order chi connectivity index (χ1) is 16.7. The number of fused-ring (bicyclic) bond motifs is 2. The maximum Gasteiger partial charge on any atom is 0.251 e. The molecular weight excluding hydrogens is 454 g/mol. The van der Waals surface area contributed by atoms with Gasteiger partial charge in [-0.05, 0) is 25.1 Å². The van der Waals surface area contributed by atoms with Crippen LogP contribution in [0.25, 0.3) is 28.0 Å². The van der Waals surface area contributed by atoms with Crippen molar-refractivity contribution in [2.24, 2.45) is 7.05 Å². The average molecular weight is 474 g/mol. The summed E-state index contributed by atoms with van der Waals surface area (Å²) in [6.07, 6.45) is 4.52. The molecule has 4 aromatic rings. The zero-order chi connectivity index (χ0) is 24.5. The van der Waals surface area contributed by atoms with E-state index < -0.39 is 11.8 Å². The van der Waals surface area contributed by atoms with Crippen LogP contribution in [-0.2, 0) is 11.8 Å². The summed E-state index contributed by atoms with van der Waals surface area (Å²) in [5, 5.41) is 16.7. The Labute approximate surface area is 198 Å². The number of ether oxygens (including phenoxy) is 1. The lowest BCUT2D eigenvalue weighted by Crippen LogP contribution is -2.58. The number of imidazole rings is 1. The summed E-state index contributed by atoms with van der Waals surface area (Å²) < 4.78 is 38.1. The van der Waals surface area contributed by atoms with Gasteiger partial charge in [0.1, 0.15) is 23.2 Å². The Kier molecular flexibility index (Phi) is 4.41. The van der Waals surface area contributed by atoms with Crippen molar-refractivity contribution in [3.05, 3.63) is 65.7 Å². The van der Waals surface area contributed by atoms with E-state index in [4.69, 9.17) is 4.74 Å². The van der Waals surface area contributed by atoms with Gasteiger partial charge in [0.25, 0.3) is 5.91 Å². The lowest BCUT2D eigenvalue weighted by atomic mass is 9.69. The maximum absolute atomic E-state index is 15.1. The fourth-order valence-corrected chi connectivity index (χ4v) is 5.43. The first kappa shape index (κ1) is 21.4. The van der Waals surface area contributed by atoms with Crippen molar-refractivity contribution in [2.75, 3.05) is 6.61 Å². The zero-order valence-electron chi connectivity index (χ0n) is 19.0.